The number of hydrogen-bond donors (Lipinski definition) is 2. The molecule has 0 saturated carbocycles. The van der Waals surface area contributed by atoms with E-state index < -0.39 is 0 Å². The third kappa shape index (κ3) is 3.94. The van der Waals surface area contributed by atoms with Gasteiger partial charge in [-0.1, -0.05) is 13.0 Å². The molecule has 0 atom stereocenters. The van der Waals surface area contributed by atoms with Crippen molar-refractivity contribution in [3.8, 4) is 0 Å². The molecule has 2 aromatic heterocycles. The van der Waals surface area contributed by atoms with Gasteiger partial charge in [-0.2, -0.15) is 0 Å². The topological polar surface area (TPSA) is 46.1 Å². The quantitative estimate of drug-likeness (QED) is 0.760. The van der Waals surface area contributed by atoms with Gasteiger partial charge < -0.3 is 15.2 Å². The molecule has 0 unspecified atom stereocenters. The molecule has 0 radical (unpaired) electrons. The van der Waals surface area contributed by atoms with Crippen LogP contribution >= 0.6 is 11.3 Å². The maximum Gasteiger partial charge on any atom is 0.267 e. The number of hydrogen-bond acceptors (Lipinski definition) is 3. The predicted octanol–water partition coefficient (Wildman–Crippen LogP) is 1.94. The lowest BCUT2D eigenvalue weighted by Crippen LogP contribution is -2.32. The Morgan fingerprint density at radius 3 is 2.95 bits per heavy atom. The van der Waals surface area contributed by atoms with Gasteiger partial charge in [0, 0.05) is 24.2 Å². The van der Waals surface area contributed by atoms with E-state index in [2.05, 4.69) is 22.1 Å². The van der Waals surface area contributed by atoms with Gasteiger partial charge in [0.25, 0.3) is 5.91 Å². The molecule has 5 heteroatoms. The zero-order chi connectivity index (χ0) is 13.5. The fourth-order valence-corrected chi connectivity index (χ4v) is 2.56. The highest BCUT2D eigenvalue weighted by Gasteiger charge is 2.10. The molecule has 0 spiro atoms. The Bertz CT molecular complexity index is 505. The van der Waals surface area contributed by atoms with Crippen LogP contribution in [-0.4, -0.2) is 30.1 Å². The van der Waals surface area contributed by atoms with Crippen LogP contribution in [-0.2, 0) is 6.54 Å². The highest BCUT2D eigenvalue weighted by Crippen LogP contribution is 2.12. The van der Waals surface area contributed by atoms with Crippen LogP contribution in [0.4, 0.5) is 0 Å². The molecule has 2 N–H and O–H groups in total. The van der Waals surface area contributed by atoms with Crippen molar-refractivity contribution in [2.24, 2.45) is 0 Å². The van der Waals surface area contributed by atoms with Gasteiger partial charge in [0.15, 0.2) is 0 Å². The van der Waals surface area contributed by atoms with E-state index in [0.29, 0.717) is 12.2 Å². The molecule has 0 aliphatic carbocycles. The summed E-state index contributed by atoms with van der Waals surface area (Å²) in [5, 5.41) is 8.15. The molecule has 0 saturated heterocycles. The largest absolute Gasteiger partial charge is 0.349 e. The summed E-state index contributed by atoms with van der Waals surface area (Å²) in [7, 11) is 0. The number of carbonyl (C=O) groups is 1. The van der Waals surface area contributed by atoms with Gasteiger partial charge in [-0.15, -0.1) is 11.3 Å². The van der Waals surface area contributed by atoms with Crippen molar-refractivity contribution in [1.82, 2.24) is 15.2 Å². The van der Waals surface area contributed by atoms with Crippen LogP contribution in [0.2, 0.25) is 0 Å². The van der Waals surface area contributed by atoms with E-state index in [1.54, 1.807) is 11.3 Å². The number of likely N-dealkylation sites (N-methyl/N-ethyl adjacent to an activating group) is 1. The van der Waals surface area contributed by atoms with E-state index in [4.69, 9.17) is 0 Å². The Hall–Kier alpha value is -1.59. The molecule has 2 rings (SSSR count). The number of nitrogens with one attached hydrogen (secondary N) is 2. The van der Waals surface area contributed by atoms with Gasteiger partial charge in [-0.25, -0.2) is 0 Å². The van der Waals surface area contributed by atoms with Gasteiger partial charge >= 0.3 is 0 Å². The second-order valence-corrected chi connectivity index (χ2v) is 5.24. The smallest absolute Gasteiger partial charge is 0.267 e. The number of amides is 1. The van der Waals surface area contributed by atoms with Crippen LogP contribution in [0.5, 0.6) is 0 Å². The van der Waals surface area contributed by atoms with E-state index in [1.807, 2.05) is 35.9 Å². The van der Waals surface area contributed by atoms with Crippen LogP contribution in [0, 0.1) is 0 Å². The zero-order valence-corrected chi connectivity index (χ0v) is 11.9. The summed E-state index contributed by atoms with van der Waals surface area (Å²) in [4.78, 5) is 13.3. The molecule has 0 aliphatic heterocycles. The lowest BCUT2D eigenvalue weighted by Gasteiger charge is -2.09. The van der Waals surface area contributed by atoms with E-state index in [0.717, 1.165) is 19.6 Å². The minimum atomic E-state index is -0.0144. The summed E-state index contributed by atoms with van der Waals surface area (Å²) in [5.74, 6) is -0.0144. The average Bonchev–Trinajstić information content (AvgIpc) is 3.06. The molecule has 0 aliphatic rings. The SMILES string of the molecule is CCNCCNC(=O)c1cccn1Cc1cccs1. The molecule has 102 valence electrons. The first-order valence-corrected chi connectivity index (χ1v) is 7.35. The van der Waals surface area contributed by atoms with Gasteiger partial charge in [-0.05, 0) is 30.1 Å². The average molecular weight is 277 g/mol. The molecule has 0 aromatic carbocycles. The Kier molecular flexibility index (Phi) is 5.18. The Morgan fingerprint density at radius 2 is 2.21 bits per heavy atom. The summed E-state index contributed by atoms with van der Waals surface area (Å²) < 4.78 is 1.98. The van der Waals surface area contributed by atoms with Crippen LogP contribution in [0.3, 0.4) is 0 Å². The molecular weight excluding hydrogens is 258 g/mol. The summed E-state index contributed by atoms with van der Waals surface area (Å²) >= 11 is 1.70. The van der Waals surface area contributed by atoms with Gasteiger partial charge in [0.05, 0.1) is 6.54 Å². The Labute approximate surface area is 117 Å². The van der Waals surface area contributed by atoms with Gasteiger partial charge in [-0.3, -0.25) is 4.79 Å². The molecule has 1 amide bonds. The van der Waals surface area contributed by atoms with Crippen LogP contribution < -0.4 is 10.6 Å². The molecule has 0 bridgehead atoms. The van der Waals surface area contributed by atoms with Gasteiger partial charge in [0.2, 0.25) is 0 Å². The lowest BCUT2D eigenvalue weighted by atomic mass is 10.3. The Morgan fingerprint density at radius 1 is 1.32 bits per heavy atom. The predicted molar refractivity (Wildman–Crippen MR) is 78.7 cm³/mol. The molecule has 2 heterocycles. The van der Waals surface area contributed by atoms with Crippen molar-refractivity contribution in [3.63, 3.8) is 0 Å². The van der Waals surface area contributed by atoms with E-state index in [9.17, 15) is 4.79 Å². The summed E-state index contributed by atoms with van der Waals surface area (Å²) in [5.41, 5.74) is 0.713. The number of thiophene rings is 1. The first kappa shape index (κ1) is 13.8. The fraction of sp³-hybridized carbons (Fsp3) is 0.357. The number of nitrogens with zero attached hydrogens (tertiary/aromatic N) is 1. The normalized spacial score (nSPS) is 10.6. The van der Waals surface area contributed by atoms with E-state index >= 15 is 0 Å². The van der Waals surface area contributed by atoms with Crippen molar-refractivity contribution in [2.75, 3.05) is 19.6 Å². The molecule has 2 aromatic rings. The zero-order valence-electron chi connectivity index (χ0n) is 11.1. The molecular formula is C14H19N3OS. The minimum absolute atomic E-state index is 0.0144. The van der Waals surface area contributed by atoms with Crippen molar-refractivity contribution in [2.45, 2.75) is 13.5 Å². The minimum Gasteiger partial charge on any atom is -0.349 e. The first-order chi connectivity index (χ1) is 9.31. The van der Waals surface area contributed by atoms with E-state index in [1.165, 1.54) is 4.88 Å². The fourth-order valence-electron chi connectivity index (χ4n) is 1.86. The second-order valence-electron chi connectivity index (χ2n) is 4.21. The Balaban J connectivity index is 1.93. The van der Waals surface area contributed by atoms with Crippen molar-refractivity contribution in [1.29, 1.82) is 0 Å². The van der Waals surface area contributed by atoms with Crippen molar-refractivity contribution < 1.29 is 4.79 Å². The molecule has 19 heavy (non-hydrogen) atoms. The van der Waals surface area contributed by atoms with Crippen LogP contribution in [0.1, 0.15) is 22.3 Å². The summed E-state index contributed by atoms with van der Waals surface area (Å²) in [6.45, 7) is 5.17. The summed E-state index contributed by atoms with van der Waals surface area (Å²) in [6, 6.07) is 7.88. The van der Waals surface area contributed by atoms with Gasteiger partial charge in [0.1, 0.15) is 5.69 Å². The third-order valence-electron chi connectivity index (χ3n) is 2.81. The van der Waals surface area contributed by atoms with E-state index in [-0.39, 0.29) is 5.91 Å². The standard InChI is InChI=1S/C14H19N3OS/c1-2-15-7-8-16-14(18)13-6-3-9-17(13)11-12-5-4-10-19-12/h3-6,9-10,15H,2,7-8,11H2,1H3,(H,16,18). The number of carbonyl (C=O) groups excluding carboxylic acids is 1. The summed E-state index contributed by atoms with van der Waals surface area (Å²) in [6.07, 6.45) is 1.94. The maximum atomic E-state index is 12.1. The molecule has 4 nitrogen and oxygen atoms in total. The highest BCUT2D eigenvalue weighted by atomic mass is 32.1. The van der Waals surface area contributed by atoms with Crippen LogP contribution in [0.25, 0.3) is 0 Å². The number of aromatic nitrogens is 1. The maximum absolute atomic E-state index is 12.1. The second kappa shape index (κ2) is 7.11. The van der Waals surface area contributed by atoms with Crippen molar-refractivity contribution >= 4 is 17.2 Å². The number of rotatable bonds is 7. The first-order valence-electron chi connectivity index (χ1n) is 6.47. The highest BCUT2D eigenvalue weighted by molar-refractivity contribution is 7.09. The van der Waals surface area contributed by atoms with Crippen LogP contribution in [0.15, 0.2) is 35.8 Å². The molecule has 0 fully saturated rings. The monoisotopic (exact) mass is 277 g/mol. The third-order valence-corrected chi connectivity index (χ3v) is 3.67. The lowest BCUT2D eigenvalue weighted by molar-refractivity contribution is 0.0945. The van der Waals surface area contributed by atoms with Crippen molar-refractivity contribution in [3.05, 3.63) is 46.4 Å².